The summed E-state index contributed by atoms with van der Waals surface area (Å²) in [5.41, 5.74) is 2.83. The van der Waals surface area contributed by atoms with Crippen molar-refractivity contribution in [1.82, 2.24) is 5.43 Å². The van der Waals surface area contributed by atoms with Crippen molar-refractivity contribution in [3.63, 3.8) is 0 Å². The molecule has 0 fully saturated rings. The van der Waals surface area contributed by atoms with Gasteiger partial charge in [-0.05, 0) is 31.2 Å². The van der Waals surface area contributed by atoms with E-state index >= 15 is 0 Å². The van der Waals surface area contributed by atoms with Gasteiger partial charge >= 0.3 is 0 Å². The first-order valence-electron chi connectivity index (χ1n) is 8.00. The SMILES string of the molecule is CCOc1ccc(NCC(=O)N/N=C/C(O)C(O)C(O)C(O)CO)cc1. The number of amides is 1. The van der Waals surface area contributed by atoms with Crippen LogP contribution in [-0.4, -0.2) is 81.8 Å². The van der Waals surface area contributed by atoms with Gasteiger partial charge in [0.05, 0.1) is 26.0 Å². The molecule has 1 aromatic carbocycles. The van der Waals surface area contributed by atoms with Gasteiger partial charge in [-0.3, -0.25) is 4.79 Å². The molecule has 4 atom stereocenters. The van der Waals surface area contributed by atoms with Crippen molar-refractivity contribution in [3.05, 3.63) is 24.3 Å². The summed E-state index contributed by atoms with van der Waals surface area (Å²) in [5.74, 6) is 0.209. The fourth-order valence-corrected chi connectivity index (χ4v) is 1.87. The molecular weight excluding hydrogens is 346 g/mol. The van der Waals surface area contributed by atoms with E-state index in [-0.39, 0.29) is 6.54 Å². The normalized spacial score (nSPS) is 15.9. The van der Waals surface area contributed by atoms with E-state index in [1.807, 2.05) is 6.92 Å². The minimum Gasteiger partial charge on any atom is -0.494 e. The third-order valence-corrected chi connectivity index (χ3v) is 3.32. The molecule has 0 spiro atoms. The maximum Gasteiger partial charge on any atom is 0.259 e. The van der Waals surface area contributed by atoms with Gasteiger partial charge in [0.1, 0.15) is 30.2 Å². The Hall–Kier alpha value is -2.24. The van der Waals surface area contributed by atoms with Crippen LogP contribution < -0.4 is 15.5 Å². The Labute approximate surface area is 150 Å². The number of benzene rings is 1. The molecule has 0 aromatic heterocycles. The minimum atomic E-state index is -1.78. The number of rotatable bonds is 11. The Morgan fingerprint density at radius 2 is 1.85 bits per heavy atom. The first kappa shape index (κ1) is 21.8. The largest absolute Gasteiger partial charge is 0.494 e. The predicted octanol–water partition coefficient (Wildman–Crippen LogP) is -1.96. The number of hydrogen-bond acceptors (Lipinski definition) is 9. The number of anilines is 1. The average molecular weight is 371 g/mol. The van der Waals surface area contributed by atoms with E-state index in [2.05, 4.69) is 15.8 Å². The second-order valence-corrected chi connectivity index (χ2v) is 5.35. The quantitative estimate of drug-likeness (QED) is 0.174. The molecule has 0 radical (unpaired) electrons. The molecule has 0 aliphatic rings. The Bertz CT molecular complexity index is 567. The summed E-state index contributed by atoms with van der Waals surface area (Å²) in [7, 11) is 0. The van der Waals surface area contributed by atoms with Gasteiger partial charge in [0, 0.05) is 5.69 Å². The molecule has 0 aliphatic carbocycles. The van der Waals surface area contributed by atoms with Crippen LogP contribution in [0.3, 0.4) is 0 Å². The van der Waals surface area contributed by atoms with Gasteiger partial charge in [-0.25, -0.2) is 5.43 Å². The smallest absolute Gasteiger partial charge is 0.259 e. The van der Waals surface area contributed by atoms with Gasteiger partial charge in [-0.15, -0.1) is 0 Å². The van der Waals surface area contributed by atoms with Gasteiger partial charge in [0.2, 0.25) is 0 Å². The van der Waals surface area contributed by atoms with Crippen molar-refractivity contribution in [2.75, 3.05) is 25.1 Å². The van der Waals surface area contributed by atoms with Gasteiger partial charge in [0.15, 0.2) is 0 Å². The van der Waals surface area contributed by atoms with Crippen LogP contribution in [0.15, 0.2) is 29.4 Å². The van der Waals surface area contributed by atoms with Crippen molar-refractivity contribution < 1.29 is 35.1 Å². The first-order valence-corrected chi connectivity index (χ1v) is 8.00. The molecule has 0 saturated carbocycles. The highest BCUT2D eigenvalue weighted by Crippen LogP contribution is 2.15. The third kappa shape index (κ3) is 7.33. The van der Waals surface area contributed by atoms with Crippen LogP contribution in [0.2, 0.25) is 0 Å². The molecule has 1 rings (SSSR count). The van der Waals surface area contributed by atoms with Crippen LogP contribution in [0.5, 0.6) is 5.75 Å². The Balaban J connectivity index is 2.37. The number of ether oxygens (including phenoxy) is 1. The molecule has 0 heterocycles. The predicted molar refractivity (Wildman–Crippen MR) is 93.8 cm³/mol. The molecule has 7 N–H and O–H groups in total. The van der Waals surface area contributed by atoms with Crippen molar-refractivity contribution in [2.45, 2.75) is 31.3 Å². The van der Waals surface area contributed by atoms with E-state index in [0.29, 0.717) is 18.0 Å². The van der Waals surface area contributed by atoms with E-state index in [4.69, 9.17) is 9.84 Å². The Morgan fingerprint density at radius 3 is 2.42 bits per heavy atom. The Kier molecular flexibility index (Phi) is 9.55. The van der Waals surface area contributed by atoms with Crippen molar-refractivity contribution in [2.24, 2.45) is 5.10 Å². The zero-order valence-electron chi connectivity index (χ0n) is 14.3. The maximum atomic E-state index is 11.6. The van der Waals surface area contributed by atoms with Crippen LogP contribution in [-0.2, 0) is 4.79 Å². The highest BCUT2D eigenvalue weighted by molar-refractivity contribution is 5.81. The summed E-state index contributed by atoms with van der Waals surface area (Å²) in [6.45, 7) is 1.57. The number of nitrogens with one attached hydrogen (secondary N) is 2. The van der Waals surface area contributed by atoms with Crippen LogP contribution in [0.4, 0.5) is 5.69 Å². The molecule has 4 unspecified atom stereocenters. The summed E-state index contributed by atoms with van der Waals surface area (Å²) in [5, 5.41) is 52.8. The topological polar surface area (TPSA) is 164 Å². The average Bonchev–Trinajstić information content (AvgIpc) is 2.65. The summed E-state index contributed by atoms with van der Waals surface area (Å²) in [6, 6.07) is 7.00. The fourth-order valence-electron chi connectivity index (χ4n) is 1.87. The zero-order valence-corrected chi connectivity index (χ0v) is 14.3. The van der Waals surface area contributed by atoms with Gasteiger partial charge in [-0.2, -0.15) is 5.10 Å². The van der Waals surface area contributed by atoms with Crippen LogP contribution in [0.1, 0.15) is 6.92 Å². The van der Waals surface area contributed by atoms with Gasteiger partial charge in [-0.1, -0.05) is 0 Å². The second kappa shape index (κ2) is 11.4. The lowest BCUT2D eigenvalue weighted by Gasteiger charge is -2.23. The molecule has 10 nitrogen and oxygen atoms in total. The molecule has 0 aliphatic heterocycles. The van der Waals surface area contributed by atoms with Crippen molar-refractivity contribution >= 4 is 17.8 Å². The van der Waals surface area contributed by atoms with Crippen LogP contribution >= 0.6 is 0 Å². The lowest BCUT2D eigenvalue weighted by atomic mass is 10.0. The molecular formula is C16H25N3O7. The number of hydrazone groups is 1. The summed E-state index contributed by atoms with van der Waals surface area (Å²) in [6.07, 6.45) is -6.00. The standard InChI is InChI=1S/C16H25N3O7/c1-2-26-11-5-3-10(4-6-11)17-8-14(23)19-18-7-12(21)15(24)16(25)13(22)9-20/h3-7,12-13,15-17,20-22,24-25H,2,8-9H2,1H3,(H,19,23)/b18-7+. The van der Waals surface area contributed by atoms with Crippen molar-refractivity contribution in [1.29, 1.82) is 0 Å². The molecule has 146 valence electrons. The minimum absolute atomic E-state index is 0.0875. The Morgan fingerprint density at radius 1 is 1.19 bits per heavy atom. The molecule has 26 heavy (non-hydrogen) atoms. The van der Waals surface area contributed by atoms with E-state index in [1.165, 1.54) is 0 Å². The summed E-state index contributed by atoms with van der Waals surface area (Å²) in [4.78, 5) is 11.6. The number of aliphatic hydroxyl groups is 5. The summed E-state index contributed by atoms with van der Waals surface area (Å²) < 4.78 is 5.30. The van der Waals surface area contributed by atoms with Gasteiger partial charge < -0.3 is 35.6 Å². The highest BCUT2D eigenvalue weighted by Gasteiger charge is 2.29. The van der Waals surface area contributed by atoms with Gasteiger partial charge in [0.25, 0.3) is 5.91 Å². The van der Waals surface area contributed by atoms with E-state index < -0.39 is 36.9 Å². The second-order valence-electron chi connectivity index (χ2n) is 5.35. The fraction of sp³-hybridized carbons (Fsp3) is 0.500. The number of aliphatic hydroxyl groups excluding tert-OH is 5. The van der Waals surface area contributed by atoms with E-state index in [0.717, 1.165) is 6.21 Å². The number of carbonyl (C=O) groups excluding carboxylic acids is 1. The number of hydrogen-bond donors (Lipinski definition) is 7. The zero-order chi connectivity index (χ0) is 19.5. The molecule has 10 heteroatoms. The first-order chi connectivity index (χ1) is 12.4. The molecule has 0 saturated heterocycles. The lowest BCUT2D eigenvalue weighted by Crippen LogP contribution is -2.46. The lowest BCUT2D eigenvalue weighted by molar-refractivity contribution is -0.119. The van der Waals surface area contributed by atoms with Crippen molar-refractivity contribution in [3.8, 4) is 5.75 Å². The number of nitrogens with zero attached hydrogens (tertiary/aromatic N) is 1. The van der Waals surface area contributed by atoms with Crippen LogP contribution in [0.25, 0.3) is 0 Å². The number of carbonyl (C=O) groups is 1. The summed E-state index contributed by atoms with van der Waals surface area (Å²) >= 11 is 0. The van der Waals surface area contributed by atoms with E-state index in [9.17, 15) is 25.2 Å². The maximum absolute atomic E-state index is 11.6. The molecule has 0 bridgehead atoms. The molecule has 1 aromatic rings. The van der Waals surface area contributed by atoms with Crippen LogP contribution in [0, 0.1) is 0 Å². The highest BCUT2D eigenvalue weighted by atomic mass is 16.5. The molecule has 1 amide bonds. The monoisotopic (exact) mass is 371 g/mol. The van der Waals surface area contributed by atoms with E-state index in [1.54, 1.807) is 24.3 Å². The third-order valence-electron chi connectivity index (χ3n) is 3.32.